The number of likely N-dealkylation sites (tertiary alicyclic amines) is 1. The van der Waals surface area contributed by atoms with Crippen LogP contribution in [0.1, 0.15) is 99.5 Å². The summed E-state index contributed by atoms with van der Waals surface area (Å²) < 4.78 is 89.6. The van der Waals surface area contributed by atoms with E-state index in [4.69, 9.17) is 19.9 Å². The maximum absolute atomic E-state index is 13.8. The van der Waals surface area contributed by atoms with Gasteiger partial charge in [0.15, 0.2) is 24.7 Å². The summed E-state index contributed by atoms with van der Waals surface area (Å²) in [4.78, 5) is 90.9. The molecule has 3 aromatic carbocycles. The molecule has 1 aromatic heterocycles. The van der Waals surface area contributed by atoms with Gasteiger partial charge in [0.2, 0.25) is 52.6 Å². The summed E-state index contributed by atoms with van der Waals surface area (Å²) in [5.74, 6) is -16.4. The number of anilines is 1. The first-order valence-corrected chi connectivity index (χ1v) is 27.4. The van der Waals surface area contributed by atoms with Gasteiger partial charge in [-0.05, 0) is 80.3 Å². The third-order valence-electron chi connectivity index (χ3n) is 13.4. The topological polar surface area (TPSA) is 238 Å². The van der Waals surface area contributed by atoms with Crippen molar-refractivity contribution in [2.24, 2.45) is 23.5 Å². The number of Topliss-reactive ketones (excluding diaryl/α,β-unsaturated/α-hetero) is 1. The van der Waals surface area contributed by atoms with Crippen LogP contribution >= 0.6 is 0 Å². The van der Waals surface area contributed by atoms with Crippen LogP contribution < -0.4 is 36.3 Å². The minimum atomic E-state index is -2.39. The molecule has 6 amide bonds. The summed E-state index contributed by atoms with van der Waals surface area (Å²) in [5.41, 5.74) is 8.22. The molecular formula is C60H76F5N7O11. The molecule has 1 fully saturated rings. The lowest BCUT2D eigenvalue weighted by Crippen LogP contribution is -2.45. The zero-order valence-corrected chi connectivity index (χ0v) is 47.2. The number of nitrogens with two attached hydrogens (primary N) is 1. The highest BCUT2D eigenvalue weighted by Gasteiger charge is 2.31. The molecule has 0 aliphatic carbocycles. The fourth-order valence-electron chi connectivity index (χ4n) is 8.90. The molecule has 0 saturated carbocycles. The second-order valence-electron chi connectivity index (χ2n) is 20.0. The van der Waals surface area contributed by atoms with Gasteiger partial charge in [0, 0.05) is 79.5 Å². The van der Waals surface area contributed by atoms with Gasteiger partial charge < -0.3 is 58.3 Å². The number of ether oxygens (including phenoxy) is 4. The fourth-order valence-corrected chi connectivity index (χ4v) is 8.90. The number of rotatable bonds is 34. The molecule has 18 nitrogen and oxygen atoms in total. The average Bonchev–Trinajstić information content (AvgIpc) is 3.50. The number of piperidine rings is 1. The maximum atomic E-state index is 13.8. The summed E-state index contributed by atoms with van der Waals surface area (Å²) >= 11 is 0. The Kier molecular flexibility index (Phi) is 29.5. The Labute approximate surface area is 481 Å². The number of urea groups is 1. The van der Waals surface area contributed by atoms with Gasteiger partial charge in [-0.3, -0.25) is 28.8 Å². The number of amides is 6. The van der Waals surface area contributed by atoms with Gasteiger partial charge in [0.05, 0.1) is 52.1 Å². The number of nitrogens with zero attached hydrogens (tertiary/aromatic N) is 2. The van der Waals surface area contributed by atoms with E-state index in [1.165, 1.54) is 6.08 Å². The minimum absolute atomic E-state index is 0. The van der Waals surface area contributed by atoms with Crippen LogP contribution in [0.5, 0.6) is 5.75 Å². The SMILES string of the molecule is CC(C)[C@H](NC(=O)CCOCCOCCOCCC(=O)Oc1c(F)c(F)c(F)c(F)c1F)C(=O)C[C@@H](CCCNC(N)=O)C(=O)Nc1ccc(C[n+]2cccc(/C=C/C(=O)NCCCCC3CCN(C(=O)c4ccccc4)CC3)c2)cc1.[CH3-]. The fraction of sp³-hybridized carbons (Fsp3) is 0.450. The Bertz CT molecular complexity index is 2760. The zero-order valence-electron chi connectivity index (χ0n) is 47.2. The number of carbonyl (C=O) groups excluding carboxylic acids is 7. The van der Waals surface area contributed by atoms with Crippen molar-refractivity contribution in [1.82, 2.24) is 20.9 Å². The number of unbranched alkanes of at least 4 members (excludes halogenated alkanes) is 1. The van der Waals surface area contributed by atoms with Crippen LogP contribution in [0.25, 0.3) is 6.08 Å². The number of halogens is 5. The van der Waals surface area contributed by atoms with E-state index in [-0.39, 0.29) is 96.4 Å². The Morgan fingerprint density at radius 1 is 0.735 bits per heavy atom. The predicted octanol–water partition coefficient (Wildman–Crippen LogP) is 7.56. The van der Waals surface area contributed by atoms with E-state index in [2.05, 4.69) is 26.0 Å². The van der Waals surface area contributed by atoms with E-state index < -0.39 is 77.0 Å². The molecule has 0 spiro atoms. The first kappa shape index (κ1) is 67.9. The van der Waals surface area contributed by atoms with Crippen molar-refractivity contribution >= 4 is 53.2 Å². The lowest BCUT2D eigenvalue weighted by atomic mass is 9.89. The highest BCUT2D eigenvalue weighted by molar-refractivity contribution is 5.97. The van der Waals surface area contributed by atoms with Crippen LogP contribution in [0.2, 0.25) is 0 Å². The number of hydrogen-bond acceptors (Lipinski definition) is 11. The van der Waals surface area contributed by atoms with Crippen LogP contribution in [-0.2, 0) is 44.7 Å². The van der Waals surface area contributed by atoms with Gasteiger partial charge in [0.1, 0.15) is 0 Å². The Morgan fingerprint density at radius 3 is 1.99 bits per heavy atom. The molecule has 5 rings (SSSR count). The van der Waals surface area contributed by atoms with Crippen molar-refractivity contribution in [3.63, 3.8) is 0 Å². The lowest BCUT2D eigenvalue weighted by molar-refractivity contribution is -0.688. The zero-order chi connectivity index (χ0) is 59.4. The Hall–Kier alpha value is -7.63. The minimum Gasteiger partial charge on any atom is -0.420 e. The molecule has 452 valence electrons. The number of esters is 1. The van der Waals surface area contributed by atoms with Crippen LogP contribution in [0.15, 0.2) is 85.2 Å². The largest absolute Gasteiger partial charge is 0.420 e. The lowest BCUT2D eigenvalue weighted by Gasteiger charge is -2.32. The first-order chi connectivity index (χ1) is 39.4. The van der Waals surface area contributed by atoms with Crippen molar-refractivity contribution in [1.29, 1.82) is 0 Å². The monoisotopic (exact) mass is 1170 g/mol. The number of hydrogen-bond donors (Lipinski definition) is 5. The molecule has 23 heteroatoms. The summed E-state index contributed by atoms with van der Waals surface area (Å²) in [6.07, 6.45) is 11.7. The number of benzene rings is 3. The third kappa shape index (κ3) is 23.6. The van der Waals surface area contributed by atoms with Gasteiger partial charge >= 0.3 is 12.0 Å². The number of nitrogens with one attached hydrogen (secondary N) is 4. The van der Waals surface area contributed by atoms with E-state index >= 15 is 0 Å². The number of carbonyl (C=O) groups is 7. The van der Waals surface area contributed by atoms with Crippen LogP contribution in [0.4, 0.5) is 32.4 Å². The van der Waals surface area contributed by atoms with Gasteiger partial charge in [0.25, 0.3) is 5.91 Å². The van der Waals surface area contributed by atoms with E-state index in [0.29, 0.717) is 31.1 Å². The van der Waals surface area contributed by atoms with Crippen LogP contribution in [0.3, 0.4) is 0 Å². The van der Waals surface area contributed by atoms with Gasteiger partial charge in [-0.1, -0.05) is 57.0 Å². The van der Waals surface area contributed by atoms with Crippen molar-refractivity contribution in [3.05, 3.63) is 138 Å². The molecule has 4 aromatic rings. The molecule has 2 heterocycles. The second kappa shape index (κ2) is 36.1. The van der Waals surface area contributed by atoms with E-state index in [0.717, 1.165) is 61.9 Å². The third-order valence-corrected chi connectivity index (χ3v) is 13.4. The molecule has 2 atom stereocenters. The molecule has 1 saturated heterocycles. The molecule has 1 aliphatic rings. The second-order valence-corrected chi connectivity index (χ2v) is 20.0. The molecule has 83 heavy (non-hydrogen) atoms. The van der Waals surface area contributed by atoms with E-state index in [1.54, 1.807) is 32.1 Å². The number of ketones is 1. The quantitative estimate of drug-likeness (QED) is 0.00352. The summed E-state index contributed by atoms with van der Waals surface area (Å²) in [6.45, 7) is 6.17. The average molecular weight is 1170 g/mol. The highest BCUT2D eigenvalue weighted by Crippen LogP contribution is 2.30. The summed E-state index contributed by atoms with van der Waals surface area (Å²) in [6, 6.07) is 18.8. The smallest absolute Gasteiger partial charge is 0.313 e. The van der Waals surface area contributed by atoms with Crippen molar-refractivity contribution in [2.45, 2.75) is 90.6 Å². The number of aromatic nitrogens is 1. The molecular weight excluding hydrogens is 1090 g/mol. The normalized spacial score (nSPS) is 13.2. The molecule has 6 N–H and O–H groups in total. The van der Waals surface area contributed by atoms with E-state index in [1.807, 2.05) is 76.5 Å². The Morgan fingerprint density at radius 2 is 1.35 bits per heavy atom. The maximum Gasteiger partial charge on any atom is 0.313 e. The van der Waals surface area contributed by atoms with E-state index in [9.17, 15) is 55.5 Å². The predicted molar refractivity (Wildman–Crippen MR) is 298 cm³/mol. The van der Waals surface area contributed by atoms with Crippen LogP contribution in [0, 0.1) is 54.3 Å². The van der Waals surface area contributed by atoms with Crippen molar-refractivity contribution in [2.75, 3.05) is 71.1 Å². The van der Waals surface area contributed by atoms with Crippen molar-refractivity contribution < 1.29 is 79.0 Å². The van der Waals surface area contributed by atoms with Gasteiger partial charge in [-0.2, -0.15) is 8.78 Å². The first-order valence-electron chi connectivity index (χ1n) is 27.4. The molecule has 0 unspecified atom stereocenters. The molecule has 0 radical (unpaired) electrons. The number of primary amides is 1. The van der Waals surface area contributed by atoms with Gasteiger partial charge in [-0.15, -0.1) is 0 Å². The highest BCUT2D eigenvalue weighted by atomic mass is 19.2. The summed E-state index contributed by atoms with van der Waals surface area (Å²) in [5, 5.41) is 11.1. The van der Waals surface area contributed by atoms with Crippen LogP contribution in [-0.4, -0.2) is 118 Å². The standard InChI is InChI=1S/C59H72F5N7O11.CH3/c1-39(2)55(69-48(74)23-30-79-32-34-81-35-33-80-31-24-49(75)82-56-53(63)51(61)50(60)52(62)54(56)64)46(72)36-44(14-8-26-67-59(65)78)57(76)68-45-18-15-42(16-19-45)38-70-27-9-11-41(37-70)17-20-47(73)66-25-7-6-10-40-21-28-71(29-22-40)58(77)43-12-4-3-5-13-43;/h3-5,9,11-13,15-20,27,37,39-40,44,55H,6-8,10,14,21-26,28-36,38H2,1-2H3,(H5-,65,66,67,68,69,73,74,76,78);1H3/q;-1/p+1/b20-17+;/t44-,55+;/m1./s1. The number of pyridine rings is 1. The molecule has 1 aliphatic heterocycles. The van der Waals surface area contributed by atoms with Gasteiger partial charge in [-0.25, -0.2) is 22.5 Å². The Balaban J connectivity index is 0.0000148. The van der Waals surface area contributed by atoms with Crippen molar-refractivity contribution in [3.8, 4) is 5.75 Å². The summed E-state index contributed by atoms with van der Waals surface area (Å²) in [7, 11) is 0. The molecule has 0 bridgehead atoms.